The quantitative estimate of drug-likeness (QED) is 0.910. The van der Waals surface area contributed by atoms with Gasteiger partial charge in [0.05, 0.1) is 18.8 Å². The minimum atomic E-state index is -0.127. The van der Waals surface area contributed by atoms with E-state index in [-0.39, 0.29) is 11.9 Å². The van der Waals surface area contributed by atoms with Crippen LogP contribution in [0.4, 0.5) is 0 Å². The molecule has 0 aliphatic heterocycles. The van der Waals surface area contributed by atoms with Gasteiger partial charge in [0, 0.05) is 18.3 Å². The van der Waals surface area contributed by atoms with Gasteiger partial charge < -0.3 is 10.1 Å². The second kappa shape index (κ2) is 6.23. The molecule has 0 bridgehead atoms. The van der Waals surface area contributed by atoms with E-state index in [0.717, 1.165) is 18.0 Å². The number of hydrogen-bond donors (Lipinski definition) is 1. The predicted molar refractivity (Wildman–Crippen MR) is 76.8 cm³/mol. The molecule has 0 saturated heterocycles. The third-order valence-electron chi connectivity index (χ3n) is 3.13. The number of nitrogens with zero attached hydrogens (tertiary/aromatic N) is 2. The van der Waals surface area contributed by atoms with E-state index in [4.69, 9.17) is 4.74 Å². The molecule has 2 rings (SSSR count). The number of carbonyl (C=O) groups is 1. The van der Waals surface area contributed by atoms with Gasteiger partial charge in [0.25, 0.3) is 5.91 Å². The summed E-state index contributed by atoms with van der Waals surface area (Å²) in [5.74, 6) is 0.613. The van der Waals surface area contributed by atoms with Gasteiger partial charge in [-0.2, -0.15) is 5.10 Å². The molecule has 1 unspecified atom stereocenters. The Kier molecular flexibility index (Phi) is 4.40. The number of ether oxygens (including phenoxy) is 1. The van der Waals surface area contributed by atoms with Crippen LogP contribution in [-0.2, 0) is 6.54 Å². The summed E-state index contributed by atoms with van der Waals surface area (Å²) in [5, 5.41) is 7.32. The molecule has 0 aliphatic carbocycles. The second-order valence-electron chi connectivity index (χ2n) is 4.52. The van der Waals surface area contributed by atoms with E-state index in [1.165, 1.54) is 0 Å². The Morgan fingerprint density at radius 1 is 1.35 bits per heavy atom. The summed E-state index contributed by atoms with van der Waals surface area (Å²) in [6, 6.07) is 8.81. The fourth-order valence-corrected chi connectivity index (χ4v) is 1.88. The van der Waals surface area contributed by atoms with Gasteiger partial charge in [-0.1, -0.05) is 0 Å². The fraction of sp³-hybridized carbons (Fsp3) is 0.333. The van der Waals surface area contributed by atoms with E-state index in [0.29, 0.717) is 5.56 Å². The standard InChI is InChI=1S/C15H19N3O2/c1-4-18-10-9-14(17-18)11(2)16-15(19)12-5-7-13(20-3)8-6-12/h5-11H,4H2,1-3H3,(H,16,19). The normalized spacial score (nSPS) is 11.9. The number of amides is 1. The van der Waals surface area contributed by atoms with E-state index in [9.17, 15) is 4.79 Å². The maximum absolute atomic E-state index is 12.1. The first-order chi connectivity index (χ1) is 9.63. The van der Waals surface area contributed by atoms with Crippen LogP contribution in [0.2, 0.25) is 0 Å². The molecule has 0 saturated carbocycles. The van der Waals surface area contributed by atoms with Gasteiger partial charge in [0.2, 0.25) is 0 Å². The Bertz CT molecular complexity index is 575. The monoisotopic (exact) mass is 273 g/mol. The highest BCUT2D eigenvalue weighted by molar-refractivity contribution is 5.94. The molecule has 0 spiro atoms. The third-order valence-corrected chi connectivity index (χ3v) is 3.13. The van der Waals surface area contributed by atoms with Gasteiger partial charge in [-0.3, -0.25) is 9.48 Å². The second-order valence-corrected chi connectivity index (χ2v) is 4.52. The van der Waals surface area contributed by atoms with Crippen molar-refractivity contribution < 1.29 is 9.53 Å². The van der Waals surface area contributed by atoms with Crippen LogP contribution in [0.15, 0.2) is 36.5 Å². The molecule has 0 fully saturated rings. The Morgan fingerprint density at radius 3 is 2.60 bits per heavy atom. The summed E-state index contributed by atoms with van der Waals surface area (Å²) in [5.41, 5.74) is 1.46. The van der Waals surface area contributed by atoms with Gasteiger partial charge in [-0.25, -0.2) is 0 Å². The summed E-state index contributed by atoms with van der Waals surface area (Å²) >= 11 is 0. The molecular weight excluding hydrogens is 254 g/mol. The van der Waals surface area contributed by atoms with Crippen LogP contribution in [-0.4, -0.2) is 22.8 Å². The SMILES string of the molecule is CCn1ccc(C(C)NC(=O)c2ccc(OC)cc2)n1. The van der Waals surface area contributed by atoms with Gasteiger partial charge in [-0.05, 0) is 44.2 Å². The molecule has 1 amide bonds. The van der Waals surface area contributed by atoms with Crippen molar-refractivity contribution >= 4 is 5.91 Å². The van der Waals surface area contributed by atoms with Gasteiger partial charge >= 0.3 is 0 Å². The molecule has 1 heterocycles. The van der Waals surface area contributed by atoms with Crippen molar-refractivity contribution in [1.82, 2.24) is 15.1 Å². The largest absolute Gasteiger partial charge is 0.497 e. The van der Waals surface area contributed by atoms with Crippen molar-refractivity contribution in [3.8, 4) is 5.75 Å². The topological polar surface area (TPSA) is 56.2 Å². The van der Waals surface area contributed by atoms with Crippen LogP contribution < -0.4 is 10.1 Å². The van der Waals surface area contributed by atoms with E-state index in [1.54, 1.807) is 31.4 Å². The molecule has 20 heavy (non-hydrogen) atoms. The molecule has 106 valence electrons. The van der Waals surface area contributed by atoms with Crippen molar-refractivity contribution in [2.45, 2.75) is 26.4 Å². The lowest BCUT2D eigenvalue weighted by atomic mass is 10.1. The Morgan fingerprint density at radius 2 is 2.05 bits per heavy atom. The van der Waals surface area contributed by atoms with Crippen LogP contribution in [0.25, 0.3) is 0 Å². The van der Waals surface area contributed by atoms with Gasteiger partial charge in [0.15, 0.2) is 0 Å². The van der Waals surface area contributed by atoms with E-state index < -0.39 is 0 Å². The lowest BCUT2D eigenvalue weighted by Crippen LogP contribution is -2.27. The molecule has 5 heteroatoms. The molecule has 1 aromatic carbocycles. The number of benzene rings is 1. The number of nitrogens with one attached hydrogen (secondary N) is 1. The molecule has 5 nitrogen and oxygen atoms in total. The number of aryl methyl sites for hydroxylation is 1. The zero-order valence-corrected chi connectivity index (χ0v) is 12.0. The van der Waals surface area contributed by atoms with Crippen LogP contribution in [0.3, 0.4) is 0 Å². The van der Waals surface area contributed by atoms with Crippen LogP contribution in [0, 0.1) is 0 Å². The van der Waals surface area contributed by atoms with Crippen LogP contribution in [0.1, 0.15) is 35.9 Å². The van der Waals surface area contributed by atoms with Gasteiger partial charge in [-0.15, -0.1) is 0 Å². The van der Waals surface area contributed by atoms with Gasteiger partial charge in [0.1, 0.15) is 5.75 Å². The first-order valence-electron chi connectivity index (χ1n) is 6.62. The van der Waals surface area contributed by atoms with Crippen molar-refractivity contribution in [3.05, 3.63) is 47.8 Å². The van der Waals surface area contributed by atoms with E-state index in [2.05, 4.69) is 10.4 Å². The molecule has 0 radical (unpaired) electrons. The lowest BCUT2D eigenvalue weighted by Gasteiger charge is -2.12. The van der Waals surface area contributed by atoms with E-state index in [1.807, 2.05) is 30.8 Å². The molecule has 0 aliphatic rings. The first-order valence-corrected chi connectivity index (χ1v) is 6.62. The maximum Gasteiger partial charge on any atom is 0.251 e. The number of methoxy groups -OCH3 is 1. The third kappa shape index (κ3) is 3.17. The Labute approximate surface area is 118 Å². The van der Waals surface area contributed by atoms with Crippen LogP contribution >= 0.6 is 0 Å². The molecule has 1 aromatic heterocycles. The Balaban J connectivity index is 2.02. The number of carbonyl (C=O) groups excluding carboxylic acids is 1. The number of hydrogen-bond acceptors (Lipinski definition) is 3. The summed E-state index contributed by atoms with van der Waals surface area (Å²) in [4.78, 5) is 12.1. The highest BCUT2D eigenvalue weighted by atomic mass is 16.5. The minimum Gasteiger partial charge on any atom is -0.497 e. The van der Waals surface area contributed by atoms with Crippen LogP contribution in [0.5, 0.6) is 5.75 Å². The van der Waals surface area contributed by atoms with E-state index >= 15 is 0 Å². The minimum absolute atomic E-state index is 0.119. The van der Waals surface area contributed by atoms with Crippen molar-refractivity contribution in [2.75, 3.05) is 7.11 Å². The fourth-order valence-electron chi connectivity index (χ4n) is 1.88. The summed E-state index contributed by atoms with van der Waals surface area (Å²) in [6.45, 7) is 4.76. The predicted octanol–water partition coefficient (Wildman–Crippen LogP) is 2.40. The summed E-state index contributed by atoms with van der Waals surface area (Å²) < 4.78 is 6.91. The number of rotatable bonds is 5. The zero-order chi connectivity index (χ0) is 14.5. The molecule has 2 aromatic rings. The maximum atomic E-state index is 12.1. The van der Waals surface area contributed by atoms with Crippen molar-refractivity contribution in [3.63, 3.8) is 0 Å². The smallest absolute Gasteiger partial charge is 0.251 e. The molecular formula is C15H19N3O2. The molecule has 1 atom stereocenters. The molecule has 1 N–H and O–H groups in total. The summed E-state index contributed by atoms with van der Waals surface area (Å²) in [7, 11) is 1.60. The van der Waals surface area contributed by atoms with Crippen molar-refractivity contribution in [1.29, 1.82) is 0 Å². The average molecular weight is 273 g/mol. The lowest BCUT2D eigenvalue weighted by molar-refractivity contribution is 0.0939. The van der Waals surface area contributed by atoms with Crippen molar-refractivity contribution in [2.24, 2.45) is 0 Å². The zero-order valence-electron chi connectivity index (χ0n) is 12.0. The first kappa shape index (κ1) is 14.1. The highest BCUT2D eigenvalue weighted by Crippen LogP contribution is 2.14. The average Bonchev–Trinajstić information content (AvgIpc) is 2.96. The summed E-state index contributed by atoms with van der Waals surface area (Å²) in [6.07, 6.45) is 1.91. The highest BCUT2D eigenvalue weighted by Gasteiger charge is 2.13. The Hall–Kier alpha value is -2.30. The number of aromatic nitrogens is 2.